The van der Waals surface area contributed by atoms with Crippen molar-refractivity contribution in [2.45, 2.75) is 18.9 Å². The van der Waals surface area contributed by atoms with E-state index in [1.807, 2.05) is 0 Å². The van der Waals surface area contributed by atoms with E-state index >= 15 is 0 Å². The predicted molar refractivity (Wildman–Crippen MR) is 68.1 cm³/mol. The third-order valence-corrected chi connectivity index (χ3v) is 2.86. The predicted octanol–water partition coefficient (Wildman–Crippen LogP) is 0.843. The molecule has 1 aromatic heterocycles. The maximum Gasteiger partial charge on any atom is 0.336 e. The Kier molecular flexibility index (Phi) is 3.52. The normalized spacial score (nSPS) is 12.5. The van der Waals surface area contributed by atoms with Crippen molar-refractivity contribution in [1.82, 2.24) is 0 Å². The van der Waals surface area contributed by atoms with Crippen molar-refractivity contribution in [3.8, 4) is 5.75 Å². The monoisotopic (exact) mass is 263 g/mol. The van der Waals surface area contributed by atoms with Crippen molar-refractivity contribution in [3.63, 3.8) is 0 Å². The van der Waals surface area contributed by atoms with Gasteiger partial charge in [0.25, 0.3) is 0 Å². The lowest BCUT2D eigenvalue weighted by molar-refractivity contribution is -0.138. The lowest BCUT2D eigenvalue weighted by Gasteiger charge is -2.08. The van der Waals surface area contributed by atoms with Crippen molar-refractivity contribution in [1.29, 1.82) is 0 Å². The molecule has 0 aliphatic rings. The minimum atomic E-state index is -1.08. The molecule has 6 heteroatoms. The number of hydrogen-bond acceptors (Lipinski definition) is 5. The third-order valence-electron chi connectivity index (χ3n) is 2.86. The van der Waals surface area contributed by atoms with Gasteiger partial charge in [0.15, 0.2) is 0 Å². The SMILES string of the molecule is NC(CCc1cc(=O)oc2cc(O)ccc12)C(=O)O. The van der Waals surface area contributed by atoms with E-state index in [4.69, 9.17) is 15.3 Å². The first kappa shape index (κ1) is 13.1. The third kappa shape index (κ3) is 2.92. The van der Waals surface area contributed by atoms with Gasteiger partial charge in [-0.1, -0.05) is 0 Å². The van der Waals surface area contributed by atoms with Crippen LogP contribution < -0.4 is 11.4 Å². The average molecular weight is 263 g/mol. The van der Waals surface area contributed by atoms with Gasteiger partial charge in [0, 0.05) is 17.5 Å². The number of aromatic hydroxyl groups is 1. The summed E-state index contributed by atoms with van der Waals surface area (Å²) in [5, 5.41) is 18.7. The summed E-state index contributed by atoms with van der Waals surface area (Å²) in [6.45, 7) is 0. The summed E-state index contributed by atoms with van der Waals surface area (Å²) in [6.07, 6.45) is 0.565. The van der Waals surface area contributed by atoms with Crippen LogP contribution in [-0.4, -0.2) is 22.2 Å². The number of fused-ring (bicyclic) bond motifs is 1. The zero-order valence-electron chi connectivity index (χ0n) is 10.00. The Morgan fingerprint density at radius 2 is 2.11 bits per heavy atom. The second-order valence-electron chi connectivity index (χ2n) is 4.25. The van der Waals surface area contributed by atoms with Crippen molar-refractivity contribution in [3.05, 3.63) is 40.2 Å². The van der Waals surface area contributed by atoms with Gasteiger partial charge in [0.1, 0.15) is 17.4 Å². The van der Waals surface area contributed by atoms with Crippen molar-refractivity contribution < 1.29 is 19.4 Å². The van der Waals surface area contributed by atoms with E-state index in [0.717, 1.165) is 0 Å². The smallest absolute Gasteiger partial charge is 0.336 e. The summed E-state index contributed by atoms with van der Waals surface area (Å²) in [5.74, 6) is -1.08. The van der Waals surface area contributed by atoms with E-state index in [2.05, 4.69) is 0 Å². The quantitative estimate of drug-likeness (QED) is 0.704. The molecule has 2 aromatic rings. The maximum absolute atomic E-state index is 11.4. The van der Waals surface area contributed by atoms with Gasteiger partial charge in [-0.3, -0.25) is 4.79 Å². The summed E-state index contributed by atoms with van der Waals surface area (Å²) in [4.78, 5) is 22.1. The van der Waals surface area contributed by atoms with Crippen LogP contribution in [0.4, 0.5) is 0 Å². The second-order valence-corrected chi connectivity index (χ2v) is 4.25. The summed E-state index contributed by atoms with van der Waals surface area (Å²) in [7, 11) is 0. The Balaban J connectivity index is 2.37. The van der Waals surface area contributed by atoms with Crippen molar-refractivity contribution in [2.75, 3.05) is 0 Å². The number of phenolic OH excluding ortho intramolecular Hbond substituents is 1. The highest BCUT2D eigenvalue weighted by atomic mass is 16.4. The van der Waals surface area contributed by atoms with Crippen LogP contribution in [0.3, 0.4) is 0 Å². The van der Waals surface area contributed by atoms with Gasteiger partial charge in [0.2, 0.25) is 0 Å². The molecule has 4 N–H and O–H groups in total. The minimum Gasteiger partial charge on any atom is -0.508 e. The first-order valence-corrected chi connectivity index (χ1v) is 5.71. The van der Waals surface area contributed by atoms with E-state index < -0.39 is 17.6 Å². The van der Waals surface area contributed by atoms with Crippen LogP contribution in [0.2, 0.25) is 0 Å². The Labute approximate surface area is 108 Å². The standard InChI is InChI=1S/C13H13NO5/c14-10(13(17)18)4-1-7-5-12(16)19-11-6-8(15)2-3-9(7)11/h2-3,5-6,10,15H,1,4,14H2,(H,17,18). The molecule has 1 unspecified atom stereocenters. The molecule has 0 saturated carbocycles. The van der Waals surface area contributed by atoms with Gasteiger partial charge in [-0.2, -0.15) is 0 Å². The zero-order valence-corrected chi connectivity index (χ0v) is 10.00. The lowest BCUT2D eigenvalue weighted by atomic mass is 10.0. The number of benzene rings is 1. The van der Waals surface area contributed by atoms with Crippen LogP contribution in [0.15, 0.2) is 33.5 Å². The first-order valence-electron chi connectivity index (χ1n) is 5.71. The van der Waals surface area contributed by atoms with Crippen LogP contribution in [0.25, 0.3) is 11.0 Å². The Bertz CT molecular complexity index is 676. The van der Waals surface area contributed by atoms with Gasteiger partial charge in [-0.05, 0) is 30.5 Å². The summed E-state index contributed by atoms with van der Waals surface area (Å²) in [6, 6.07) is 4.78. The molecule has 0 aliphatic carbocycles. The molecule has 2 rings (SSSR count). The average Bonchev–Trinajstić information content (AvgIpc) is 2.34. The number of rotatable bonds is 4. The number of carboxylic acids is 1. The highest BCUT2D eigenvalue weighted by Gasteiger charge is 2.13. The van der Waals surface area contributed by atoms with Crippen molar-refractivity contribution >= 4 is 16.9 Å². The van der Waals surface area contributed by atoms with E-state index in [1.165, 1.54) is 18.2 Å². The van der Waals surface area contributed by atoms with E-state index in [9.17, 15) is 14.7 Å². The second kappa shape index (κ2) is 5.11. The fraction of sp³-hybridized carbons (Fsp3) is 0.231. The van der Waals surface area contributed by atoms with Crippen LogP contribution >= 0.6 is 0 Å². The van der Waals surface area contributed by atoms with Gasteiger partial charge < -0.3 is 20.4 Å². The largest absolute Gasteiger partial charge is 0.508 e. The number of carboxylic acid groups (broad SMARTS) is 1. The molecule has 0 radical (unpaired) electrons. The number of nitrogens with two attached hydrogens (primary N) is 1. The van der Waals surface area contributed by atoms with Crippen molar-refractivity contribution in [2.24, 2.45) is 5.73 Å². The van der Waals surface area contributed by atoms with E-state index in [-0.39, 0.29) is 17.8 Å². The van der Waals surface area contributed by atoms with Crippen LogP contribution in [0.1, 0.15) is 12.0 Å². The molecule has 100 valence electrons. The molecule has 0 aliphatic heterocycles. The fourth-order valence-corrected chi connectivity index (χ4v) is 1.86. The summed E-state index contributed by atoms with van der Waals surface area (Å²) in [5.41, 5.74) is 5.81. The zero-order chi connectivity index (χ0) is 14.0. The van der Waals surface area contributed by atoms with E-state index in [0.29, 0.717) is 17.4 Å². The van der Waals surface area contributed by atoms with E-state index in [1.54, 1.807) is 6.07 Å². The number of phenols is 1. The molecule has 0 spiro atoms. The van der Waals surface area contributed by atoms with Gasteiger partial charge in [-0.25, -0.2) is 4.79 Å². The minimum absolute atomic E-state index is 0.00460. The van der Waals surface area contributed by atoms with Crippen LogP contribution in [-0.2, 0) is 11.2 Å². The summed E-state index contributed by atoms with van der Waals surface area (Å²) < 4.78 is 4.97. The Hall–Kier alpha value is -2.34. The molecule has 0 amide bonds. The van der Waals surface area contributed by atoms with Crippen LogP contribution in [0.5, 0.6) is 5.75 Å². The number of aliphatic carboxylic acids is 1. The molecule has 19 heavy (non-hydrogen) atoms. The molecule has 6 nitrogen and oxygen atoms in total. The fourth-order valence-electron chi connectivity index (χ4n) is 1.86. The lowest BCUT2D eigenvalue weighted by Crippen LogP contribution is -2.30. The first-order chi connectivity index (χ1) is 8.97. The molecular weight excluding hydrogens is 250 g/mol. The topological polar surface area (TPSA) is 114 Å². The van der Waals surface area contributed by atoms with Gasteiger partial charge in [-0.15, -0.1) is 0 Å². The summed E-state index contributed by atoms with van der Waals surface area (Å²) >= 11 is 0. The van der Waals surface area contributed by atoms with Crippen LogP contribution in [0, 0.1) is 0 Å². The number of carbonyl (C=O) groups is 1. The van der Waals surface area contributed by atoms with Gasteiger partial charge in [0.05, 0.1) is 0 Å². The molecule has 1 atom stereocenters. The highest BCUT2D eigenvalue weighted by Crippen LogP contribution is 2.22. The molecule has 1 heterocycles. The number of aryl methyl sites for hydroxylation is 1. The molecule has 0 bridgehead atoms. The molecule has 0 saturated heterocycles. The Morgan fingerprint density at radius 3 is 2.79 bits per heavy atom. The Morgan fingerprint density at radius 1 is 1.37 bits per heavy atom. The highest BCUT2D eigenvalue weighted by molar-refractivity contribution is 5.81. The molecule has 1 aromatic carbocycles. The molecular formula is C13H13NO5. The maximum atomic E-state index is 11.4. The molecule has 0 fully saturated rings. The number of hydrogen-bond donors (Lipinski definition) is 3. The van der Waals surface area contributed by atoms with Gasteiger partial charge >= 0.3 is 11.6 Å².